The molecule has 126 valence electrons. The second-order valence-corrected chi connectivity index (χ2v) is 5.99. The van der Waals surface area contributed by atoms with Crippen molar-refractivity contribution in [2.45, 2.75) is 6.92 Å². The van der Waals surface area contributed by atoms with Crippen LogP contribution in [0.5, 0.6) is 0 Å². The van der Waals surface area contributed by atoms with Crippen LogP contribution in [0.3, 0.4) is 0 Å². The highest BCUT2D eigenvalue weighted by molar-refractivity contribution is 6.36. The lowest BCUT2D eigenvalue weighted by atomic mass is 10.2. The van der Waals surface area contributed by atoms with Crippen LogP contribution in [0.2, 0.25) is 10.0 Å². The van der Waals surface area contributed by atoms with Crippen LogP contribution in [0, 0.1) is 0 Å². The summed E-state index contributed by atoms with van der Waals surface area (Å²) in [6, 6.07) is 12.1. The second kappa shape index (κ2) is 8.04. The fraction of sp³-hybridized carbons (Fsp3) is 0.176. The number of hydrogen-bond acceptors (Lipinski definition) is 3. The number of amides is 2. The van der Waals surface area contributed by atoms with Gasteiger partial charge in [0.25, 0.3) is 0 Å². The highest BCUT2D eigenvalue weighted by atomic mass is 35.5. The van der Waals surface area contributed by atoms with E-state index < -0.39 is 0 Å². The van der Waals surface area contributed by atoms with Gasteiger partial charge in [-0.25, -0.2) is 0 Å². The Bertz CT molecular complexity index is 748. The highest BCUT2D eigenvalue weighted by Gasteiger charge is 2.07. The Labute approximate surface area is 150 Å². The molecule has 5 nitrogen and oxygen atoms in total. The molecule has 0 heterocycles. The molecule has 0 atom stereocenters. The number of rotatable bonds is 5. The van der Waals surface area contributed by atoms with Crippen LogP contribution < -0.4 is 15.5 Å². The summed E-state index contributed by atoms with van der Waals surface area (Å²) in [5.74, 6) is -0.279. The maximum absolute atomic E-state index is 12.0. The molecule has 0 aromatic heterocycles. The fourth-order valence-electron chi connectivity index (χ4n) is 1.95. The van der Waals surface area contributed by atoms with E-state index in [1.807, 2.05) is 0 Å². The van der Waals surface area contributed by atoms with Gasteiger partial charge < -0.3 is 15.5 Å². The van der Waals surface area contributed by atoms with E-state index in [4.69, 9.17) is 23.2 Å². The van der Waals surface area contributed by atoms with Crippen LogP contribution >= 0.6 is 23.2 Å². The number of carbonyl (C=O) groups is 2. The zero-order valence-electron chi connectivity index (χ0n) is 13.3. The third-order valence-corrected chi connectivity index (χ3v) is 3.93. The topological polar surface area (TPSA) is 61.4 Å². The summed E-state index contributed by atoms with van der Waals surface area (Å²) < 4.78 is 0. The lowest BCUT2D eigenvalue weighted by Crippen LogP contribution is -2.23. The molecule has 0 saturated heterocycles. The molecule has 2 rings (SSSR count). The molecule has 0 bridgehead atoms. The van der Waals surface area contributed by atoms with E-state index in [9.17, 15) is 9.59 Å². The second-order valence-electron chi connectivity index (χ2n) is 5.15. The van der Waals surface area contributed by atoms with Crippen molar-refractivity contribution in [3.63, 3.8) is 0 Å². The van der Waals surface area contributed by atoms with Crippen LogP contribution in [-0.2, 0) is 9.59 Å². The number of nitrogens with zero attached hydrogens (tertiary/aromatic N) is 1. The molecule has 0 aliphatic carbocycles. The number of anilines is 3. The van der Waals surface area contributed by atoms with Gasteiger partial charge in [-0.3, -0.25) is 9.59 Å². The molecule has 24 heavy (non-hydrogen) atoms. The zero-order chi connectivity index (χ0) is 17.7. The minimum atomic E-state index is -0.232. The van der Waals surface area contributed by atoms with Gasteiger partial charge >= 0.3 is 0 Å². The molecule has 0 aliphatic rings. The Morgan fingerprint density at radius 3 is 2.33 bits per heavy atom. The van der Waals surface area contributed by atoms with E-state index in [1.165, 1.54) is 6.92 Å². The van der Waals surface area contributed by atoms with Crippen LogP contribution in [-0.4, -0.2) is 25.4 Å². The first-order valence-corrected chi connectivity index (χ1v) is 7.95. The summed E-state index contributed by atoms with van der Waals surface area (Å²) in [5.41, 5.74) is 2.06. The van der Waals surface area contributed by atoms with Gasteiger partial charge in [0.1, 0.15) is 0 Å². The summed E-state index contributed by atoms with van der Waals surface area (Å²) in [7, 11) is 1.70. The summed E-state index contributed by atoms with van der Waals surface area (Å²) in [6.45, 7) is 1.58. The first kappa shape index (κ1) is 18.1. The van der Waals surface area contributed by atoms with Crippen molar-refractivity contribution in [1.29, 1.82) is 0 Å². The summed E-state index contributed by atoms with van der Waals surface area (Å²) >= 11 is 11.8. The fourth-order valence-corrected chi connectivity index (χ4v) is 2.41. The SMILES string of the molecule is CC(=O)N(C)c1ccc(NCC(=O)Nc2ccc(Cl)cc2Cl)cc1. The molecule has 7 heteroatoms. The third-order valence-electron chi connectivity index (χ3n) is 3.39. The Balaban J connectivity index is 1.90. The molecule has 0 saturated carbocycles. The number of halogens is 2. The third kappa shape index (κ3) is 4.88. The van der Waals surface area contributed by atoms with Crippen LogP contribution in [0.1, 0.15) is 6.92 Å². The van der Waals surface area contributed by atoms with Crippen molar-refractivity contribution in [2.24, 2.45) is 0 Å². The summed E-state index contributed by atoms with van der Waals surface area (Å²) in [4.78, 5) is 24.8. The zero-order valence-corrected chi connectivity index (χ0v) is 14.8. The van der Waals surface area contributed by atoms with Gasteiger partial charge in [-0.1, -0.05) is 23.2 Å². The number of nitrogens with one attached hydrogen (secondary N) is 2. The average molecular weight is 366 g/mol. The van der Waals surface area contributed by atoms with Gasteiger partial charge in [-0.15, -0.1) is 0 Å². The Kier molecular flexibility index (Phi) is 6.06. The Hall–Kier alpha value is -2.24. The van der Waals surface area contributed by atoms with E-state index in [0.29, 0.717) is 15.7 Å². The number of carbonyl (C=O) groups excluding carboxylic acids is 2. The quantitative estimate of drug-likeness (QED) is 0.840. The monoisotopic (exact) mass is 365 g/mol. The van der Waals surface area contributed by atoms with Crippen LogP contribution in [0.25, 0.3) is 0 Å². The van der Waals surface area contributed by atoms with Gasteiger partial charge in [0, 0.05) is 30.4 Å². The standard InChI is InChI=1S/C17H17Cl2N3O2/c1-11(23)22(2)14-6-4-13(5-7-14)20-10-17(24)21-16-8-3-12(18)9-15(16)19/h3-9,20H,10H2,1-2H3,(H,21,24). The van der Waals surface area contributed by atoms with Crippen LogP contribution in [0.15, 0.2) is 42.5 Å². The minimum absolute atomic E-state index is 0.0464. The first-order valence-electron chi connectivity index (χ1n) is 7.20. The van der Waals surface area contributed by atoms with Crippen molar-refractivity contribution >= 4 is 52.1 Å². The van der Waals surface area contributed by atoms with Gasteiger partial charge in [0.15, 0.2) is 0 Å². The lowest BCUT2D eigenvalue weighted by molar-refractivity contribution is -0.116. The minimum Gasteiger partial charge on any atom is -0.376 e. The molecule has 2 amide bonds. The Morgan fingerprint density at radius 1 is 1.08 bits per heavy atom. The summed E-state index contributed by atoms with van der Waals surface area (Å²) in [5, 5.41) is 6.60. The molecular formula is C17H17Cl2N3O2. The average Bonchev–Trinajstić information content (AvgIpc) is 2.55. The molecular weight excluding hydrogens is 349 g/mol. The van der Waals surface area contributed by atoms with E-state index in [0.717, 1.165) is 11.4 Å². The molecule has 0 fully saturated rings. The van der Waals surface area contributed by atoms with Gasteiger partial charge in [-0.05, 0) is 42.5 Å². The van der Waals surface area contributed by atoms with Crippen LogP contribution in [0.4, 0.5) is 17.1 Å². The van der Waals surface area contributed by atoms with E-state index >= 15 is 0 Å². The molecule has 2 aromatic rings. The first-order chi connectivity index (χ1) is 11.4. The van der Waals surface area contributed by atoms with Crippen molar-refractivity contribution in [2.75, 3.05) is 29.1 Å². The number of benzene rings is 2. The smallest absolute Gasteiger partial charge is 0.243 e. The molecule has 0 aliphatic heterocycles. The van der Waals surface area contributed by atoms with Crippen molar-refractivity contribution in [3.05, 3.63) is 52.5 Å². The van der Waals surface area contributed by atoms with E-state index in [2.05, 4.69) is 10.6 Å². The maximum atomic E-state index is 12.0. The Morgan fingerprint density at radius 2 is 1.75 bits per heavy atom. The predicted molar refractivity (Wildman–Crippen MR) is 99.1 cm³/mol. The largest absolute Gasteiger partial charge is 0.376 e. The normalized spacial score (nSPS) is 10.2. The number of hydrogen-bond donors (Lipinski definition) is 2. The maximum Gasteiger partial charge on any atom is 0.243 e. The van der Waals surface area contributed by atoms with Crippen molar-refractivity contribution < 1.29 is 9.59 Å². The molecule has 0 spiro atoms. The summed E-state index contributed by atoms with van der Waals surface area (Å²) in [6.07, 6.45) is 0. The highest BCUT2D eigenvalue weighted by Crippen LogP contribution is 2.25. The molecule has 2 N–H and O–H groups in total. The lowest BCUT2D eigenvalue weighted by Gasteiger charge is -2.15. The molecule has 2 aromatic carbocycles. The van der Waals surface area contributed by atoms with Gasteiger partial charge in [0.05, 0.1) is 17.3 Å². The van der Waals surface area contributed by atoms with Gasteiger partial charge in [-0.2, -0.15) is 0 Å². The molecule has 0 unspecified atom stereocenters. The van der Waals surface area contributed by atoms with E-state index in [-0.39, 0.29) is 18.4 Å². The van der Waals surface area contributed by atoms with Crippen molar-refractivity contribution in [3.8, 4) is 0 Å². The predicted octanol–water partition coefficient (Wildman–Crippen LogP) is 4.03. The van der Waals surface area contributed by atoms with Crippen molar-refractivity contribution in [1.82, 2.24) is 0 Å². The van der Waals surface area contributed by atoms with E-state index in [1.54, 1.807) is 54.4 Å². The molecule has 0 radical (unpaired) electrons. The van der Waals surface area contributed by atoms with Gasteiger partial charge in [0.2, 0.25) is 11.8 Å².